The predicted molar refractivity (Wildman–Crippen MR) is 74.2 cm³/mol. The Labute approximate surface area is 118 Å². The lowest BCUT2D eigenvalue weighted by molar-refractivity contribution is -0.131. The molecule has 0 spiro atoms. The van der Waals surface area contributed by atoms with Gasteiger partial charge in [-0.1, -0.05) is 12.2 Å². The smallest absolute Gasteiger partial charge is 0.244 e. The Morgan fingerprint density at radius 3 is 2.75 bits per heavy atom. The van der Waals surface area contributed by atoms with Crippen molar-refractivity contribution in [2.45, 2.75) is 19.3 Å². The highest BCUT2D eigenvalue weighted by atomic mass is 16.2. The summed E-state index contributed by atoms with van der Waals surface area (Å²) >= 11 is 0. The largest absolute Gasteiger partial charge is 0.354 e. The third-order valence-electron chi connectivity index (χ3n) is 4.33. The van der Waals surface area contributed by atoms with Crippen LogP contribution < -0.4 is 10.9 Å². The number of nitrogens with zero attached hydrogens (tertiary/aromatic N) is 1. The number of fused-ring (bicyclic) bond motifs is 2. The molecule has 0 saturated heterocycles. The Morgan fingerprint density at radius 1 is 1.30 bits per heavy atom. The van der Waals surface area contributed by atoms with Gasteiger partial charge in [-0.05, 0) is 36.8 Å². The number of hydrogen-bond acceptors (Lipinski definition) is 2. The van der Waals surface area contributed by atoms with Gasteiger partial charge in [-0.2, -0.15) is 0 Å². The van der Waals surface area contributed by atoms with E-state index in [0.717, 1.165) is 18.5 Å². The van der Waals surface area contributed by atoms with E-state index in [-0.39, 0.29) is 24.2 Å². The average molecular weight is 273 g/mol. The van der Waals surface area contributed by atoms with E-state index in [9.17, 15) is 9.59 Å². The summed E-state index contributed by atoms with van der Waals surface area (Å²) in [5.41, 5.74) is 5.98. The first-order chi connectivity index (χ1) is 9.63. The van der Waals surface area contributed by atoms with Crippen molar-refractivity contribution in [3.8, 4) is 0 Å². The second kappa shape index (κ2) is 5.15. The highest BCUT2D eigenvalue weighted by Crippen LogP contribution is 2.43. The number of allylic oxidation sites excluding steroid dienone is 2. The molecule has 0 aromatic carbocycles. The molecule has 5 heteroatoms. The maximum Gasteiger partial charge on any atom is 0.244 e. The standard InChI is InChI=1S/C15H19N3O2/c1-18-6-2-3-12(18)9-14(19)16-17-15(20)13-8-10-4-5-11(13)7-10/h2-6,10-11,13H,7-9H2,1H3,(H,16,19)(H,17,20)/t10-,11-,13+/m0/s1. The summed E-state index contributed by atoms with van der Waals surface area (Å²) in [6.07, 6.45) is 8.46. The first-order valence-corrected chi connectivity index (χ1v) is 7.00. The number of hydrogen-bond donors (Lipinski definition) is 2. The number of carbonyl (C=O) groups excluding carboxylic acids is 2. The van der Waals surface area contributed by atoms with E-state index >= 15 is 0 Å². The molecule has 3 atom stereocenters. The van der Waals surface area contributed by atoms with Gasteiger partial charge in [0.15, 0.2) is 0 Å². The number of amides is 2. The van der Waals surface area contributed by atoms with Crippen LogP contribution in [0.5, 0.6) is 0 Å². The molecule has 1 saturated carbocycles. The molecular formula is C15H19N3O2. The quantitative estimate of drug-likeness (QED) is 0.635. The summed E-state index contributed by atoms with van der Waals surface area (Å²) in [4.78, 5) is 23.8. The Hall–Kier alpha value is -2.04. The molecule has 2 amide bonds. The van der Waals surface area contributed by atoms with Gasteiger partial charge in [0.2, 0.25) is 11.8 Å². The van der Waals surface area contributed by atoms with Gasteiger partial charge in [0.1, 0.15) is 0 Å². The van der Waals surface area contributed by atoms with Crippen LogP contribution in [-0.2, 0) is 23.1 Å². The van der Waals surface area contributed by atoms with E-state index in [1.807, 2.05) is 29.9 Å². The van der Waals surface area contributed by atoms with Gasteiger partial charge < -0.3 is 4.57 Å². The fourth-order valence-corrected chi connectivity index (χ4v) is 3.20. The Balaban J connectivity index is 1.47. The van der Waals surface area contributed by atoms with Gasteiger partial charge in [-0.3, -0.25) is 20.4 Å². The Bertz CT molecular complexity index is 561. The van der Waals surface area contributed by atoms with Crippen molar-refractivity contribution >= 4 is 11.8 Å². The summed E-state index contributed by atoms with van der Waals surface area (Å²) < 4.78 is 1.89. The topological polar surface area (TPSA) is 63.1 Å². The number of nitrogens with one attached hydrogen (secondary N) is 2. The van der Waals surface area contributed by atoms with Crippen LogP contribution in [0.2, 0.25) is 0 Å². The van der Waals surface area contributed by atoms with E-state index in [4.69, 9.17) is 0 Å². The molecule has 1 fully saturated rings. The highest BCUT2D eigenvalue weighted by Gasteiger charge is 2.39. The summed E-state index contributed by atoms with van der Waals surface area (Å²) in [7, 11) is 1.89. The summed E-state index contributed by atoms with van der Waals surface area (Å²) in [6.45, 7) is 0. The molecule has 2 N–H and O–H groups in total. The second-order valence-electron chi connectivity index (χ2n) is 5.71. The fraction of sp³-hybridized carbons (Fsp3) is 0.467. The summed E-state index contributed by atoms with van der Waals surface area (Å²) in [5, 5.41) is 0. The molecule has 0 unspecified atom stereocenters. The SMILES string of the molecule is Cn1cccc1CC(=O)NNC(=O)[C@@H]1C[C@H]2C=C[C@H]1C2. The Morgan fingerprint density at radius 2 is 2.15 bits per heavy atom. The molecule has 2 aliphatic rings. The van der Waals surface area contributed by atoms with Crippen LogP contribution in [0.3, 0.4) is 0 Å². The van der Waals surface area contributed by atoms with Crippen molar-refractivity contribution in [2.75, 3.05) is 0 Å². The highest BCUT2D eigenvalue weighted by molar-refractivity contribution is 5.84. The van der Waals surface area contributed by atoms with Crippen LogP contribution in [0, 0.1) is 17.8 Å². The lowest BCUT2D eigenvalue weighted by atomic mass is 9.93. The zero-order valence-corrected chi connectivity index (χ0v) is 11.5. The molecule has 1 aromatic rings. The fourth-order valence-electron chi connectivity index (χ4n) is 3.20. The maximum absolute atomic E-state index is 12.0. The van der Waals surface area contributed by atoms with Crippen LogP contribution >= 0.6 is 0 Å². The number of hydrazine groups is 1. The molecule has 0 radical (unpaired) electrons. The molecule has 2 aliphatic carbocycles. The molecule has 1 aromatic heterocycles. The van der Waals surface area contributed by atoms with E-state index in [1.54, 1.807) is 0 Å². The zero-order chi connectivity index (χ0) is 14.1. The minimum atomic E-state index is -0.196. The van der Waals surface area contributed by atoms with E-state index < -0.39 is 0 Å². The lowest BCUT2D eigenvalue weighted by Crippen LogP contribution is -2.46. The summed E-state index contributed by atoms with van der Waals surface area (Å²) in [5.74, 6) is 0.654. The van der Waals surface area contributed by atoms with Crippen molar-refractivity contribution < 1.29 is 9.59 Å². The van der Waals surface area contributed by atoms with Crippen LogP contribution in [0.25, 0.3) is 0 Å². The molecule has 1 heterocycles. The first kappa shape index (κ1) is 13.0. The van der Waals surface area contributed by atoms with Crippen molar-refractivity contribution in [3.05, 3.63) is 36.2 Å². The van der Waals surface area contributed by atoms with Crippen LogP contribution in [0.15, 0.2) is 30.5 Å². The average Bonchev–Trinajstić information content (AvgIpc) is 3.14. The first-order valence-electron chi connectivity index (χ1n) is 7.00. The van der Waals surface area contributed by atoms with Crippen LogP contribution in [-0.4, -0.2) is 16.4 Å². The van der Waals surface area contributed by atoms with Gasteiger partial charge in [-0.15, -0.1) is 0 Å². The van der Waals surface area contributed by atoms with Crippen LogP contribution in [0.1, 0.15) is 18.5 Å². The van der Waals surface area contributed by atoms with E-state index in [2.05, 4.69) is 23.0 Å². The second-order valence-corrected chi connectivity index (χ2v) is 5.71. The van der Waals surface area contributed by atoms with E-state index in [0.29, 0.717) is 11.8 Å². The summed E-state index contributed by atoms with van der Waals surface area (Å²) in [6, 6.07) is 3.78. The maximum atomic E-state index is 12.0. The lowest BCUT2D eigenvalue weighted by Gasteiger charge is -2.17. The predicted octanol–water partition coefficient (Wildman–Crippen LogP) is 0.927. The third kappa shape index (κ3) is 2.48. The van der Waals surface area contributed by atoms with Crippen molar-refractivity contribution in [1.29, 1.82) is 0 Å². The molecule has 0 aliphatic heterocycles. The van der Waals surface area contributed by atoms with Crippen molar-refractivity contribution in [1.82, 2.24) is 15.4 Å². The molecule has 106 valence electrons. The number of aromatic nitrogens is 1. The number of aryl methyl sites for hydroxylation is 1. The number of carbonyl (C=O) groups is 2. The molecular weight excluding hydrogens is 254 g/mol. The monoisotopic (exact) mass is 273 g/mol. The van der Waals surface area contributed by atoms with Gasteiger partial charge in [0.25, 0.3) is 0 Å². The van der Waals surface area contributed by atoms with Gasteiger partial charge in [-0.25, -0.2) is 0 Å². The van der Waals surface area contributed by atoms with Crippen molar-refractivity contribution in [3.63, 3.8) is 0 Å². The number of rotatable bonds is 3. The normalized spacial score (nSPS) is 26.8. The Kier molecular flexibility index (Phi) is 3.34. The molecule has 5 nitrogen and oxygen atoms in total. The zero-order valence-electron chi connectivity index (χ0n) is 11.5. The van der Waals surface area contributed by atoms with E-state index in [1.165, 1.54) is 0 Å². The molecule has 3 rings (SSSR count). The minimum Gasteiger partial charge on any atom is -0.354 e. The van der Waals surface area contributed by atoms with Crippen molar-refractivity contribution in [2.24, 2.45) is 24.8 Å². The minimum absolute atomic E-state index is 0.0142. The van der Waals surface area contributed by atoms with Gasteiger partial charge >= 0.3 is 0 Å². The van der Waals surface area contributed by atoms with Gasteiger partial charge in [0.05, 0.1) is 6.42 Å². The van der Waals surface area contributed by atoms with Gasteiger partial charge in [0, 0.05) is 24.9 Å². The van der Waals surface area contributed by atoms with Crippen LogP contribution in [0.4, 0.5) is 0 Å². The molecule has 20 heavy (non-hydrogen) atoms. The third-order valence-corrected chi connectivity index (χ3v) is 4.33. The molecule has 2 bridgehead atoms.